The van der Waals surface area contributed by atoms with Gasteiger partial charge in [0.2, 0.25) is 5.91 Å². The van der Waals surface area contributed by atoms with Crippen molar-refractivity contribution in [2.75, 3.05) is 5.32 Å². The van der Waals surface area contributed by atoms with Crippen molar-refractivity contribution in [3.63, 3.8) is 0 Å². The molecule has 0 atom stereocenters. The molecule has 0 saturated heterocycles. The summed E-state index contributed by atoms with van der Waals surface area (Å²) in [6.07, 6.45) is -0.0855. The number of hydrogen-bond acceptors (Lipinski definition) is 1. The Morgan fingerprint density at radius 3 is 2.23 bits per heavy atom. The van der Waals surface area contributed by atoms with Gasteiger partial charge in [0.25, 0.3) is 0 Å². The van der Waals surface area contributed by atoms with E-state index in [1.807, 2.05) is 0 Å². The number of nitrogens with one attached hydrogen (secondary N) is 1. The minimum absolute atomic E-state index is 0.0777. The third kappa shape index (κ3) is 3.60. The van der Waals surface area contributed by atoms with E-state index in [0.717, 1.165) is 18.2 Å². The van der Waals surface area contributed by atoms with Crippen LogP contribution < -0.4 is 5.32 Å². The second kappa shape index (κ2) is 6.55. The lowest BCUT2D eigenvalue weighted by atomic mass is 10.1. The molecule has 1 amide bonds. The largest absolute Gasteiger partial charge is 0.323 e. The number of carbonyl (C=O) groups is 1. The van der Waals surface area contributed by atoms with Gasteiger partial charge in [0, 0.05) is 6.42 Å². The molecule has 0 spiro atoms. The highest BCUT2D eigenvalue weighted by Crippen LogP contribution is 2.20. The normalized spacial score (nSPS) is 10.6. The van der Waals surface area contributed by atoms with Crippen LogP contribution in [0.1, 0.15) is 12.0 Å². The summed E-state index contributed by atoms with van der Waals surface area (Å²) in [5.41, 5.74) is -0.117. The average Bonchev–Trinajstić information content (AvgIpc) is 2.49. The van der Waals surface area contributed by atoms with Gasteiger partial charge in [0.15, 0.2) is 29.1 Å². The van der Waals surface area contributed by atoms with E-state index in [-0.39, 0.29) is 12.8 Å². The zero-order valence-corrected chi connectivity index (χ0v) is 11.1. The van der Waals surface area contributed by atoms with Gasteiger partial charge in [-0.15, -0.1) is 0 Å². The van der Waals surface area contributed by atoms with Crippen molar-refractivity contribution in [3.05, 3.63) is 65.0 Å². The Kier molecular flexibility index (Phi) is 4.75. The van der Waals surface area contributed by atoms with E-state index in [1.54, 1.807) is 0 Å². The third-order valence-electron chi connectivity index (χ3n) is 2.93. The standard InChI is InChI=1S/C15H10F5NO/c16-9-3-1-8(7-11(9)18)2-6-13(22)21-12-5-4-10(17)14(19)15(12)20/h1,3-5,7H,2,6H2,(H,21,22). The van der Waals surface area contributed by atoms with E-state index >= 15 is 0 Å². The van der Waals surface area contributed by atoms with Gasteiger partial charge < -0.3 is 5.32 Å². The zero-order chi connectivity index (χ0) is 16.3. The molecule has 116 valence electrons. The van der Waals surface area contributed by atoms with Crippen molar-refractivity contribution in [1.29, 1.82) is 0 Å². The first-order chi connectivity index (χ1) is 10.4. The molecule has 2 aromatic carbocycles. The molecule has 0 aliphatic rings. The van der Waals surface area contributed by atoms with Crippen LogP contribution in [0.15, 0.2) is 30.3 Å². The molecular formula is C15H10F5NO. The number of aryl methyl sites for hydroxylation is 1. The topological polar surface area (TPSA) is 29.1 Å². The minimum atomic E-state index is -1.68. The van der Waals surface area contributed by atoms with Crippen molar-refractivity contribution in [2.45, 2.75) is 12.8 Å². The molecular weight excluding hydrogens is 305 g/mol. The van der Waals surface area contributed by atoms with Crippen LogP contribution in [0.4, 0.5) is 27.6 Å². The number of anilines is 1. The SMILES string of the molecule is O=C(CCc1ccc(F)c(F)c1)Nc1ccc(F)c(F)c1F. The van der Waals surface area contributed by atoms with Crippen LogP contribution in [0, 0.1) is 29.1 Å². The summed E-state index contributed by atoms with van der Waals surface area (Å²) in [7, 11) is 0. The van der Waals surface area contributed by atoms with Crippen LogP contribution in [0.3, 0.4) is 0 Å². The fourth-order valence-corrected chi connectivity index (χ4v) is 1.79. The molecule has 0 aromatic heterocycles. The van der Waals surface area contributed by atoms with Crippen LogP contribution in [0.2, 0.25) is 0 Å². The monoisotopic (exact) mass is 315 g/mol. The van der Waals surface area contributed by atoms with Crippen molar-refractivity contribution >= 4 is 11.6 Å². The molecule has 0 aliphatic carbocycles. The van der Waals surface area contributed by atoms with E-state index in [0.29, 0.717) is 11.6 Å². The molecule has 0 radical (unpaired) electrons. The summed E-state index contributed by atoms with van der Waals surface area (Å²) in [5, 5.41) is 2.09. The second-order valence-electron chi connectivity index (χ2n) is 4.52. The van der Waals surface area contributed by atoms with Crippen LogP contribution >= 0.6 is 0 Å². The lowest BCUT2D eigenvalue weighted by Crippen LogP contribution is -2.14. The van der Waals surface area contributed by atoms with E-state index in [9.17, 15) is 26.7 Å². The predicted molar refractivity (Wildman–Crippen MR) is 69.6 cm³/mol. The summed E-state index contributed by atoms with van der Waals surface area (Å²) >= 11 is 0. The summed E-state index contributed by atoms with van der Waals surface area (Å²) in [5.74, 6) is -7.26. The maximum Gasteiger partial charge on any atom is 0.224 e. The fourth-order valence-electron chi connectivity index (χ4n) is 1.79. The zero-order valence-electron chi connectivity index (χ0n) is 11.1. The summed E-state index contributed by atoms with van der Waals surface area (Å²) < 4.78 is 64.8. The maximum absolute atomic E-state index is 13.4. The molecule has 0 fully saturated rings. The van der Waals surface area contributed by atoms with Crippen LogP contribution in [0.25, 0.3) is 0 Å². The molecule has 7 heteroatoms. The minimum Gasteiger partial charge on any atom is -0.323 e. The molecule has 0 heterocycles. The van der Waals surface area contributed by atoms with Crippen molar-refractivity contribution < 1.29 is 26.7 Å². The molecule has 0 aliphatic heterocycles. The first kappa shape index (κ1) is 15.9. The Morgan fingerprint density at radius 2 is 1.55 bits per heavy atom. The van der Waals surface area contributed by atoms with E-state index in [2.05, 4.69) is 5.32 Å². The Bertz CT molecular complexity index is 717. The Balaban J connectivity index is 1.99. The highest BCUT2D eigenvalue weighted by Gasteiger charge is 2.15. The molecule has 2 rings (SSSR count). The number of rotatable bonds is 4. The molecule has 0 unspecified atom stereocenters. The summed E-state index contributed by atoms with van der Waals surface area (Å²) in [6, 6.07) is 4.76. The van der Waals surface area contributed by atoms with Crippen molar-refractivity contribution in [3.8, 4) is 0 Å². The predicted octanol–water partition coefficient (Wildman–Crippen LogP) is 3.95. The lowest BCUT2D eigenvalue weighted by molar-refractivity contribution is -0.116. The van der Waals surface area contributed by atoms with Crippen LogP contribution in [-0.2, 0) is 11.2 Å². The van der Waals surface area contributed by atoms with Crippen molar-refractivity contribution in [1.82, 2.24) is 0 Å². The number of carbonyl (C=O) groups excluding carboxylic acids is 1. The van der Waals surface area contributed by atoms with Gasteiger partial charge in [-0.05, 0) is 36.2 Å². The molecule has 0 saturated carbocycles. The highest BCUT2D eigenvalue weighted by atomic mass is 19.2. The number of halogens is 5. The first-order valence-corrected chi connectivity index (χ1v) is 6.25. The Labute approximate surface area is 122 Å². The number of amides is 1. The van der Waals surface area contributed by atoms with Gasteiger partial charge >= 0.3 is 0 Å². The maximum atomic E-state index is 13.4. The van der Waals surface area contributed by atoms with Gasteiger partial charge in [-0.3, -0.25) is 4.79 Å². The average molecular weight is 315 g/mol. The number of hydrogen-bond donors (Lipinski definition) is 1. The quantitative estimate of drug-likeness (QED) is 0.672. The molecule has 2 aromatic rings. The van der Waals surface area contributed by atoms with Crippen LogP contribution in [-0.4, -0.2) is 5.91 Å². The van der Waals surface area contributed by atoms with E-state index < -0.39 is 40.7 Å². The van der Waals surface area contributed by atoms with E-state index in [4.69, 9.17) is 0 Å². The molecule has 22 heavy (non-hydrogen) atoms. The number of benzene rings is 2. The molecule has 2 nitrogen and oxygen atoms in total. The van der Waals surface area contributed by atoms with Crippen molar-refractivity contribution in [2.24, 2.45) is 0 Å². The lowest BCUT2D eigenvalue weighted by Gasteiger charge is -2.07. The molecule has 1 N–H and O–H groups in total. The third-order valence-corrected chi connectivity index (χ3v) is 2.93. The van der Waals surface area contributed by atoms with Gasteiger partial charge in [0.1, 0.15) is 0 Å². The summed E-state index contributed by atoms with van der Waals surface area (Å²) in [4.78, 5) is 11.6. The smallest absolute Gasteiger partial charge is 0.224 e. The van der Waals surface area contributed by atoms with Gasteiger partial charge in [0.05, 0.1) is 5.69 Å². The molecule has 0 bridgehead atoms. The van der Waals surface area contributed by atoms with Crippen LogP contribution in [0.5, 0.6) is 0 Å². The van der Waals surface area contributed by atoms with Gasteiger partial charge in [-0.1, -0.05) is 6.07 Å². The van der Waals surface area contributed by atoms with Gasteiger partial charge in [-0.2, -0.15) is 0 Å². The van der Waals surface area contributed by atoms with E-state index in [1.165, 1.54) is 6.07 Å². The fraction of sp³-hybridized carbons (Fsp3) is 0.133. The Hall–Kier alpha value is -2.44. The first-order valence-electron chi connectivity index (χ1n) is 6.25. The second-order valence-corrected chi connectivity index (χ2v) is 4.52. The van der Waals surface area contributed by atoms with Gasteiger partial charge in [-0.25, -0.2) is 22.0 Å². The Morgan fingerprint density at radius 1 is 0.864 bits per heavy atom. The summed E-state index contributed by atoms with van der Waals surface area (Å²) in [6.45, 7) is 0. The highest BCUT2D eigenvalue weighted by molar-refractivity contribution is 5.90.